The molecule has 0 aliphatic rings. The second kappa shape index (κ2) is 8.05. The Hall–Kier alpha value is -3.46. The second-order valence-corrected chi connectivity index (χ2v) is 6.91. The minimum absolute atomic E-state index is 0.134. The standard InChI is InChI=1S/C19H17N5O3S/c25-17(20-8-7-16-22-13-4-1-2-5-14(13)23-16)10-12-11-28-19(21-12)24-18(26)15-6-3-9-27-15/h1-6,9,11H,7-8,10H2,(H,20,25)(H,22,23)(H,21,24,26). The van der Waals surface area contributed by atoms with Crippen LogP contribution in [0.1, 0.15) is 22.1 Å². The Morgan fingerprint density at radius 2 is 2.04 bits per heavy atom. The maximum Gasteiger partial charge on any atom is 0.293 e. The zero-order valence-corrected chi connectivity index (χ0v) is 15.6. The van der Waals surface area contributed by atoms with Gasteiger partial charge in [-0.25, -0.2) is 9.97 Å². The molecule has 8 nitrogen and oxygen atoms in total. The molecule has 0 aliphatic carbocycles. The number of aromatic amines is 1. The molecule has 0 saturated carbocycles. The van der Waals surface area contributed by atoms with Crippen molar-refractivity contribution in [2.75, 3.05) is 11.9 Å². The summed E-state index contributed by atoms with van der Waals surface area (Å²) in [6.45, 7) is 0.477. The number of rotatable bonds is 7. The summed E-state index contributed by atoms with van der Waals surface area (Å²) < 4.78 is 5.03. The number of H-pyrrole nitrogens is 1. The van der Waals surface area contributed by atoms with E-state index in [0.717, 1.165) is 16.9 Å². The molecule has 9 heteroatoms. The molecular formula is C19H17N5O3S. The molecule has 28 heavy (non-hydrogen) atoms. The number of fused-ring (bicyclic) bond motifs is 1. The molecular weight excluding hydrogens is 378 g/mol. The first-order valence-electron chi connectivity index (χ1n) is 8.67. The lowest BCUT2D eigenvalue weighted by atomic mass is 10.3. The van der Waals surface area contributed by atoms with Crippen LogP contribution in [0.3, 0.4) is 0 Å². The maximum absolute atomic E-state index is 12.1. The van der Waals surface area contributed by atoms with Crippen LogP contribution < -0.4 is 10.6 Å². The predicted octanol–water partition coefficient (Wildman–Crippen LogP) is 2.77. The molecule has 142 valence electrons. The number of carbonyl (C=O) groups excluding carboxylic acids is 2. The molecule has 0 fully saturated rings. The number of thiazole rings is 1. The Morgan fingerprint density at radius 1 is 1.14 bits per heavy atom. The molecule has 0 saturated heterocycles. The number of imidazole rings is 1. The Balaban J connectivity index is 1.25. The molecule has 0 aliphatic heterocycles. The van der Waals surface area contributed by atoms with Gasteiger partial charge in [-0.2, -0.15) is 0 Å². The van der Waals surface area contributed by atoms with Gasteiger partial charge < -0.3 is 14.7 Å². The smallest absolute Gasteiger partial charge is 0.293 e. The van der Waals surface area contributed by atoms with Crippen molar-refractivity contribution in [3.05, 3.63) is 65.3 Å². The van der Waals surface area contributed by atoms with Gasteiger partial charge in [0, 0.05) is 18.3 Å². The highest BCUT2D eigenvalue weighted by atomic mass is 32.1. The number of para-hydroxylation sites is 2. The van der Waals surface area contributed by atoms with Crippen molar-refractivity contribution >= 4 is 39.3 Å². The van der Waals surface area contributed by atoms with Gasteiger partial charge in [0.25, 0.3) is 5.91 Å². The molecule has 2 amide bonds. The van der Waals surface area contributed by atoms with Crippen LogP contribution in [0.15, 0.2) is 52.5 Å². The molecule has 4 rings (SSSR count). The maximum atomic E-state index is 12.1. The van der Waals surface area contributed by atoms with E-state index in [9.17, 15) is 9.59 Å². The normalized spacial score (nSPS) is 10.9. The van der Waals surface area contributed by atoms with Crippen LogP contribution in [0.5, 0.6) is 0 Å². The lowest BCUT2D eigenvalue weighted by Gasteiger charge is -2.02. The van der Waals surface area contributed by atoms with Gasteiger partial charge in [-0.15, -0.1) is 11.3 Å². The number of aromatic nitrogens is 3. The van der Waals surface area contributed by atoms with E-state index < -0.39 is 0 Å². The molecule has 0 radical (unpaired) electrons. The van der Waals surface area contributed by atoms with Crippen molar-refractivity contribution in [1.29, 1.82) is 0 Å². The lowest BCUT2D eigenvalue weighted by molar-refractivity contribution is -0.120. The Bertz CT molecular complexity index is 1070. The van der Waals surface area contributed by atoms with Crippen LogP contribution in [-0.4, -0.2) is 33.3 Å². The molecule has 3 aromatic heterocycles. The monoisotopic (exact) mass is 395 g/mol. The predicted molar refractivity (Wildman–Crippen MR) is 105 cm³/mol. The van der Waals surface area contributed by atoms with Crippen molar-refractivity contribution in [1.82, 2.24) is 20.3 Å². The molecule has 1 aromatic carbocycles. The van der Waals surface area contributed by atoms with Gasteiger partial charge in [0.1, 0.15) is 5.82 Å². The van der Waals surface area contributed by atoms with Gasteiger partial charge in [0.2, 0.25) is 5.91 Å². The van der Waals surface area contributed by atoms with E-state index in [1.165, 1.54) is 17.6 Å². The van der Waals surface area contributed by atoms with Gasteiger partial charge in [-0.05, 0) is 24.3 Å². The van der Waals surface area contributed by atoms with Gasteiger partial charge in [-0.3, -0.25) is 14.9 Å². The highest BCUT2D eigenvalue weighted by molar-refractivity contribution is 7.14. The van der Waals surface area contributed by atoms with E-state index in [1.54, 1.807) is 17.5 Å². The summed E-state index contributed by atoms with van der Waals surface area (Å²) in [5, 5.41) is 7.67. The highest BCUT2D eigenvalue weighted by Gasteiger charge is 2.13. The lowest BCUT2D eigenvalue weighted by Crippen LogP contribution is -2.27. The fourth-order valence-electron chi connectivity index (χ4n) is 2.68. The van der Waals surface area contributed by atoms with Crippen LogP contribution in [0.4, 0.5) is 5.13 Å². The zero-order chi connectivity index (χ0) is 19.3. The van der Waals surface area contributed by atoms with E-state index in [-0.39, 0.29) is 24.0 Å². The number of carbonyl (C=O) groups is 2. The summed E-state index contributed by atoms with van der Waals surface area (Å²) in [5.74, 6) is 0.532. The Labute approximate surface area is 164 Å². The second-order valence-electron chi connectivity index (χ2n) is 6.05. The Morgan fingerprint density at radius 3 is 2.86 bits per heavy atom. The van der Waals surface area contributed by atoms with Crippen LogP contribution >= 0.6 is 11.3 Å². The number of nitrogens with one attached hydrogen (secondary N) is 3. The third kappa shape index (κ3) is 4.26. The third-order valence-corrected chi connectivity index (χ3v) is 4.79. The van der Waals surface area contributed by atoms with E-state index in [4.69, 9.17) is 4.42 Å². The fraction of sp³-hybridized carbons (Fsp3) is 0.158. The third-order valence-electron chi connectivity index (χ3n) is 3.98. The Kier molecular flexibility index (Phi) is 5.16. The molecule has 3 N–H and O–H groups in total. The largest absolute Gasteiger partial charge is 0.459 e. The number of furan rings is 1. The number of amides is 2. The van der Waals surface area contributed by atoms with Crippen molar-refractivity contribution in [2.24, 2.45) is 0 Å². The van der Waals surface area contributed by atoms with Crippen molar-refractivity contribution in [2.45, 2.75) is 12.8 Å². The zero-order valence-electron chi connectivity index (χ0n) is 14.8. The van der Waals surface area contributed by atoms with Gasteiger partial charge >= 0.3 is 0 Å². The topological polar surface area (TPSA) is 113 Å². The SMILES string of the molecule is O=C(Cc1csc(NC(=O)c2ccco2)n1)NCCc1nc2ccccc2[nH]1. The van der Waals surface area contributed by atoms with Crippen molar-refractivity contribution in [3.8, 4) is 0 Å². The first-order valence-corrected chi connectivity index (χ1v) is 9.55. The van der Waals surface area contributed by atoms with Crippen molar-refractivity contribution in [3.63, 3.8) is 0 Å². The van der Waals surface area contributed by atoms with Crippen LogP contribution in [0.25, 0.3) is 11.0 Å². The van der Waals surface area contributed by atoms with Crippen LogP contribution in [0, 0.1) is 0 Å². The molecule has 0 spiro atoms. The van der Waals surface area contributed by atoms with Crippen LogP contribution in [-0.2, 0) is 17.6 Å². The highest BCUT2D eigenvalue weighted by Crippen LogP contribution is 2.17. The number of benzene rings is 1. The van der Waals surface area contributed by atoms with E-state index in [0.29, 0.717) is 23.8 Å². The molecule has 3 heterocycles. The first kappa shape index (κ1) is 17.9. The van der Waals surface area contributed by atoms with E-state index in [1.807, 2.05) is 24.3 Å². The summed E-state index contributed by atoms with van der Waals surface area (Å²) in [4.78, 5) is 36.0. The first-order chi connectivity index (χ1) is 13.7. The quantitative estimate of drug-likeness (QED) is 0.445. The van der Waals surface area contributed by atoms with Gasteiger partial charge in [-0.1, -0.05) is 12.1 Å². The summed E-state index contributed by atoms with van der Waals surface area (Å²) >= 11 is 1.26. The van der Waals surface area contributed by atoms with Gasteiger partial charge in [0.05, 0.1) is 29.4 Å². The summed E-state index contributed by atoms with van der Waals surface area (Å²) in [6, 6.07) is 11.0. The number of hydrogen-bond donors (Lipinski definition) is 3. The minimum atomic E-state index is -0.374. The molecule has 0 unspecified atom stereocenters. The minimum Gasteiger partial charge on any atom is -0.459 e. The van der Waals surface area contributed by atoms with Crippen LogP contribution in [0.2, 0.25) is 0 Å². The molecule has 0 atom stereocenters. The molecule has 4 aromatic rings. The summed E-state index contributed by atoms with van der Waals surface area (Å²) in [7, 11) is 0. The van der Waals surface area contributed by atoms with E-state index >= 15 is 0 Å². The van der Waals surface area contributed by atoms with Gasteiger partial charge in [0.15, 0.2) is 10.9 Å². The average Bonchev–Trinajstić information content (AvgIpc) is 3.42. The average molecular weight is 395 g/mol. The number of hydrogen-bond acceptors (Lipinski definition) is 6. The molecule has 0 bridgehead atoms. The number of anilines is 1. The van der Waals surface area contributed by atoms with Crippen molar-refractivity contribution < 1.29 is 14.0 Å². The summed E-state index contributed by atoms with van der Waals surface area (Å²) in [6.07, 6.45) is 2.19. The van der Waals surface area contributed by atoms with E-state index in [2.05, 4.69) is 25.6 Å². The fourth-order valence-corrected chi connectivity index (χ4v) is 3.39. The summed E-state index contributed by atoms with van der Waals surface area (Å²) in [5.41, 5.74) is 2.49. The number of nitrogens with zero attached hydrogens (tertiary/aromatic N) is 2.